The van der Waals surface area contributed by atoms with E-state index in [0.29, 0.717) is 19.1 Å². The lowest BCUT2D eigenvalue weighted by atomic mass is 10.3. The van der Waals surface area contributed by atoms with Crippen molar-refractivity contribution in [1.82, 2.24) is 4.90 Å². The lowest BCUT2D eigenvalue weighted by Gasteiger charge is -2.18. The van der Waals surface area contributed by atoms with Crippen LogP contribution in [0, 0.1) is 0 Å². The summed E-state index contributed by atoms with van der Waals surface area (Å²) in [7, 11) is 0. The molecule has 3 nitrogen and oxygen atoms in total. The Balaban J connectivity index is 2.41. The molecule has 0 unspecified atom stereocenters. The quantitative estimate of drug-likeness (QED) is 0.519. The molecule has 0 aliphatic carbocycles. The van der Waals surface area contributed by atoms with E-state index in [2.05, 4.69) is 18.7 Å². The number of hydrogen-bond acceptors (Lipinski definition) is 3. The lowest BCUT2D eigenvalue weighted by Crippen LogP contribution is -2.29. The van der Waals surface area contributed by atoms with E-state index in [0.717, 1.165) is 0 Å². The highest BCUT2D eigenvalue weighted by molar-refractivity contribution is 4.84. The molecule has 1 aliphatic heterocycles. The van der Waals surface area contributed by atoms with E-state index in [9.17, 15) is 0 Å². The molecule has 0 saturated carbocycles. The van der Waals surface area contributed by atoms with Crippen LogP contribution in [0.3, 0.4) is 0 Å². The van der Waals surface area contributed by atoms with Gasteiger partial charge in [0.1, 0.15) is 0 Å². The van der Waals surface area contributed by atoms with Gasteiger partial charge in [-0.05, 0) is 13.8 Å². The van der Waals surface area contributed by atoms with Gasteiger partial charge in [0, 0.05) is 19.1 Å². The third kappa shape index (κ3) is 1.48. The summed E-state index contributed by atoms with van der Waals surface area (Å²) in [4.78, 5) is 2.06. The topological polar surface area (TPSA) is 43.7 Å². The number of nitrogens with zero attached hydrogens (tertiary/aromatic N) is 1. The summed E-state index contributed by atoms with van der Waals surface area (Å²) in [5, 5.41) is 18.3. The summed E-state index contributed by atoms with van der Waals surface area (Å²) >= 11 is 0. The molecule has 1 aliphatic rings. The van der Waals surface area contributed by atoms with Gasteiger partial charge in [-0.3, -0.25) is 4.90 Å². The van der Waals surface area contributed by atoms with Gasteiger partial charge in [-0.15, -0.1) is 0 Å². The zero-order chi connectivity index (χ0) is 7.72. The van der Waals surface area contributed by atoms with Crippen molar-refractivity contribution in [3.8, 4) is 0 Å². The largest absolute Gasteiger partial charge is 0.389 e. The molecule has 2 N–H and O–H groups in total. The molecule has 0 bridgehead atoms. The normalized spacial score (nSPS) is 35.7. The number of β-amino-alcohol motifs (C(OH)–C–C–N with tert-alkyl or cyclic N) is 2. The molecule has 1 fully saturated rings. The summed E-state index contributed by atoms with van der Waals surface area (Å²) < 4.78 is 0. The standard InChI is InChI=1S/C7H15NO2/c1-5(2)8-3-6(9)7(10)4-8/h5-7,9-10H,3-4H2,1-2H3/t6-,7-/m0/s1. The molecule has 0 spiro atoms. The Morgan fingerprint density at radius 3 is 1.80 bits per heavy atom. The molecular formula is C7H15NO2. The maximum absolute atomic E-state index is 9.13. The van der Waals surface area contributed by atoms with Crippen LogP contribution in [0.15, 0.2) is 0 Å². The predicted octanol–water partition coefficient (Wildman–Crippen LogP) is -0.568. The van der Waals surface area contributed by atoms with Crippen molar-refractivity contribution in [2.45, 2.75) is 32.1 Å². The molecule has 1 saturated heterocycles. The molecule has 1 rings (SSSR count). The van der Waals surface area contributed by atoms with E-state index >= 15 is 0 Å². The van der Waals surface area contributed by atoms with Crippen LogP contribution < -0.4 is 0 Å². The van der Waals surface area contributed by atoms with Crippen LogP contribution >= 0.6 is 0 Å². The maximum Gasteiger partial charge on any atom is 0.0938 e. The van der Waals surface area contributed by atoms with E-state index < -0.39 is 12.2 Å². The van der Waals surface area contributed by atoms with Crippen LogP contribution in [0.25, 0.3) is 0 Å². The molecular weight excluding hydrogens is 130 g/mol. The Labute approximate surface area is 61.3 Å². The van der Waals surface area contributed by atoms with Gasteiger partial charge >= 0.3 is 0 Å². The number of rotatable bonds is 1. The molecule has 0 radical (unpaired) electrons. The van der Waals surface area contributed by atoms with Crippen LogP contribution in [0.1, 0.15) is 13.8 Å². The first-order valence-electron chi connectivity index (χ1n) is 3.71. The van der Waals surface area contributed by atoms with Crippen LogP contribution in [0.2, 0.25) is 0 Å². The van der Waals surface area contributed by atoms with Gasteiger partial charge in [0.15, 0.2) is 0 Å². The summed E-state index contributed by atoms with van der Waals surface area (Å²) in [5.41, 5.74) is 0. The molecule has 0 amide bonds. The van der Waals surface area contributed by atoms with Crippen LogP contribution in [0.4, 0.5) is 0 Å². The predicted molar refractivity (Wildman–Crippen MR) is 38.7 cm³/mol. The molecule has 0 aromatic heterocycles. The minimum absolute atomic E-state index is 0.423. The molecule has 60 valence electrons. The first-order chi connectivity index (χ1) is 4.61. The van der Waals surface area contributed by atoms with Crippen LogP contribution in [-0.4, -0.2) is 46.5 Å². The number of likely N-dealkylation sites (tertiary alicyclic amines) is 1. The van der Waals surface area contributed by atoms with Crippen LogP contribution in [0.5, 0.6) is 0 Å². The highest BCUT2D eigenvalue weighted by Gasteiger charge is 2.30. The molecule has 2 atom stereocenters. The highest BCUT2D eigenvalue weighted by Crippen LogP contribution is 2.12. The van der Waals surface area contributed by atoms with Gasteiger partial charge in [-0.2, -0.15) is 0 Å². The number of aliphatic hydroxyl groups is 2. The molecule has 0 aromatic carbocycles. The minimum Gasteiger partial charge on any atom is -0.389 e. The van der Waals surface area contributed by atoms with E-state index in [1.54, 1.807) is 0 Å². The SMILES string of the molecule is CC(C)N1C[C@H](O)[C@@H](O)C1. The monoisotopic (exact) mass is 145 g/mol. The van der Waals surface area contributed by atoms with Crippen molar-refractivity contribution in [1.29, 1.82) is 0 Å². The van der Waals surface area contributed by atoms with Crippen molar-refractivity contribution in [2.75, 3.05) is 13.1 Å². The van der Waals surface area contributed by atoms with Crippen LogP contribution in [-0.2, 0) is 0 Å². The maximum atomic E-state index is 9.13. The van der Waals surface area contributed by atoms with Crippen molar-refractivity contribution in [3.63, 3.8) is 0 Å². The molecule has 0 aromatic rings. The Kier molecular flexibility index (Phi) is 2.28. The average molecular weight is 145 g/mol. The summed E-state index contributed by atoms with van der Waals surface area (Å²) in [6.07, 6.45) is -1.08. The van der Waals surface area contributed by atoms with Gasteiger partial charge in [0.05, 0.1) is 12.2 Å². The lowest BCUT2D eigenvalue weighted by molar-refractivity contribution is 0.0572. The number of hydrogen-bond donors (Lipinski definition) is 2. The van der Waals surface area contributed by atoms with Gasteiger partial charge < -0.3 is 10.2 Å². The Bertz CT molecular complexity index is 106. The van der Waals surface area contributed by atoms with E-state index in [1.807, 2.05) is 0 Å². The minimum atomic E-state index is -0.539. The summed E-state index contributed by atoms with van der Waals surface area (Å²) in [6, 6.07) is 0.423. The van der Waals surface area contributed by atoms with E-state index in [4.69, 9.17) is 10.2 Å². The zero-order valence-corrected chi connectivity index (χ0v) is 6.49. The van der Waals surface area contributed by atoms with Gasteiger partial charge in [0.2, 0.25) is 0 Å². The van der Waals surface area contributed by atoms with Crippen molar-refractivity contribution in [3.05, 3.63) is 0 Å². The first kappa shape index (κ1) is 7.98. The van der Waals surface area contributed by atoms with E-state index in [1.165, 1.54) is 0 Å². The average Bonchev–Trinajstić information content (AvgIpc) is 2.13. The Morgan fingerprint density at radius 2 is 1.60 bits per heavy atom. The zero-order valence-electron chi connectivity index (χ0n) is 6.49. The second-order valence-corrected chi connectivity index (χ2v) is 3.18. The fraction of sp³-hybridized carbons (Fsp3) is 1.00. The summed E-state index contributed by atoms with van der Waals surface area (Å²) in [5.74, 6) is 0. The fourth-order valence-corrected chi connectivity index (χ4v) is 1.22. The van der Waals surface area contributed by atoms with Gasteiger partial charge in [-0.1, -0.05) is 0 Å². The first-order valence-corrected chi connectivity index (χ1v) is 3.71. The Morgan fingerprint density at radius 1 is 1.20 bits per heavy atom. The third-order valence-electron chi connectivity index (χ3n) is 2.02. The fourth-order valence-electron chi connectivity index (χ4n) is 1.22. The number of aliphatic hydroxyl groups excluding tert-OH is 2. The second kappa shape index (κ2) is 2.86. The molecule has 10 heavy (non-hydrogen) atoms. The van der Waals surface area contributed by atoms with E-state index in [-0.39, 0.29) is 0 Å². The smallest absolute Gasteiger partial charge is 0.0938 e. The second-order valence-electron chi connectivity index (χ2n) is 3.18. The van der Waals surface area contributed by atoms with Gasteiger partial charge in [0.25, 0.3) is 0 Å². The molecule has 3 heteroatoms. The third-order valence-corrected chi connectivity index (χ3v) is 2.02. The van der Waals surface area contributed by atoms with Crippen molar-refractivity contribution >= 4 is 0 Å². The highest BCUT2D eigenvalue weighted by atomic mass is 16.3. The summed E-state index contributed by atoms with van der Waals surface area (Å²) in [6.45, 7) is 5.34. The van der Waals surface area contributed by atoms with Gasteiger partial charge in [-0.25, -0.2) is 0 Å². The van der Waals surface area contributed by atoms with Crippen molar-refractivity contribution < 1.29 is 10.2 Å². The van der Waals surface area contributed by atoms with Crippen molar-refractivity contribution in [2.24, 2.45) is 0 Å². The molecule has 1 heterocycles. The Hall–Kier alpha value is -0.120.